The third kappa shape index (κ3) is 3.25. The van der Waals surface area contributed by atoms with Crippen LogP contribution in [-0.2, 0) is 4.74 Å². The molecule has 1 saturated heterocycles. The van der Waals surface area contributed by atoms with Crippen molar-refractivity contribution < 1.29 is 4.74 Å². The van der Waals surface area contributed by atoms with Gasteiger partial charge >= 0.3 is 0 Å². The van der Waals surface area contributed by atoms with E-state index in [1.807, 2.05) is 0 Å². The van der Waals surface area contributed by atoms with Gasteiger partial charge in [0.1, 0.15) is 0 Å². The normalized spacial score (nSPS) is 30.2. The van der Waals surface area contributed by atoms with Crippen LogP contribution in [0.1, 0.15) is 39.0 Å². The van der Waals surface area contributed by atoms with E-state index >= 15 is 0 Å². The predicted octanol–water partition coefficient (Wildman–Crippen LogP) is 2.19. The minimum atomic E-state index is 0.496. The van der Waals surface area contributed by atoms with Crippen molar-refractivity contribution in [3.05, 3.63) is 0 Å². The van der Waals surface area contributed by atoms with Crippen LogP contribution in [0.3, 0.4) is 0 Å². The number of hydrogen-bond donors (Lipinski definition) is 1. The van der Waals surface area contributed by atoms with Crippen LogP contribution >= 0.6 is 0 Å². The van der Waals surface area contributed by atoms with E-state index in [4.69, 9.17) is 4.74 Å². The molecule has 1 aliphatic heterocycles. The zero-order valence-corrected chi connectivity index (χ0v) is 9.30. The summed E-state index contributed by atoms with van der Waals surface area (Å²) in [5.41, 5.74) is 0. The van der Waals surface area contributed by atoms with Gasteiger partial charge in [0, 0.05) is 13.2 Å². The maximum atomic E-state index is 5.67. The summed E-state index contributed by atoms with van der Waals surface area (Å²) in [4.78, 5) is 0. The fourth-order valence-corrected chi connectivity index (χ4v) is 2.27. The Kier molecular flexibility index (Phi) is 3.82. The van der Waals surface area contributed by atoms with Gasteiger partial charge in [0.15, 0.2) is 0 Å². The predicted molar refractivity (Wildman–Crippen MR) is 58.3 cm³/mol. The van der Waals surface area contributed by atoms with Crippen molar-refractivity contribution in [2.45, 2.75) is 45.1 Å². The minimum absolute atomic E-state index is 0.496. The van der Waals surface area contributed by atoms with E-state index in [2.05, 4.69) is 12.2 Å². The van der Waals surface area contributed by atoms with Gasteiger partial charge in [0.2, 0.25) is 0 Å². The second kappa shape index (κ2) is 5.13. The summed E-state index contributed by atoms with van der Waals surface area (Å²) in [6.45, 7) is 5.60. The zero-order chi connectivity index (χ0) is 9.80. The Morgan fingerprint density at radius 1 is 1.29 bits per heavy atom. The summed E-state index contributed by atoms with van der Waals surface area (Å²) >= 11 is 0. The van der Waals surface area contributed by atoms with Gasteiger partial charge in [-0.05, 0) is 50.5 Å². The van der Waals surface area contributed by atoms with E-state index in [9.17, 15) is 0 Å². The lowest BCUT2D eigenvalue weighted by Crippen LogP contribution is -2.34. The summed E-state index contributed by atoms with van der Waals surface area (Å²) in [6.07, 6.45) is 7.28. The molecule has 82 valence electrons. The van der Waals surface area contributed by atoms with Gasteiger partial charge in [-0.15, -0.1) is 0 Å². The molecule has 2 nitrogen and oxygen atoms in total. The summed E-state index contributed by atoms with van der Waals surface area (Å²) in [6, 6.07) is 0. The molecular weight excluding hydrogens is 174 g/mol. The molecule has 2 heteroatoms. The van der Waals surface area contributed by atoms with Crippen LogP contribution in [-0.4, -0.2) is 25.8 Å². The molecule has 0 aromatic carbocycles. The van der Waals surface area contributed by atoms with Crippen LogP contribution in [0.4, 0.5) is 0 Å². The molecule has 0 bridgehead atoms. The first-order chi connectivity index (χ1) is 6.86. The summed E-state index contributed by atoms with van der Waals surface area (Å²) in [5.74, 6) is 1.90. The van der Waals surface area contributed by atoms with Gasteiger partial charge in [-0.25, -0.2) is 0 Å². The monoisotopic (exact) mass is 197 g/mol. The van der Waals surface area contributed by atoms with Gasteiger partial charge in [0.25, 0.3) is 0 Å². The highest BCUT2D eigenvalue weighted by molar-refractivity contribution is 4.80. The summed E-state index contributed by atoms with van der Waals surface area (Å²) in [5, 5.41) is 3.55. The van der Waals surface area contributed by atoms with E-state index in [0.29, 0.717) is 6.10 Å². The molecule has 2 fully saturated rings. The molecule has 1 saturated carbocycles. The molecule has 2 rings (SSSR count). The quantitative estimate of drug-likeness (QED) is 0.729. The Morgan fingerprint density at radius 3 is 2.79 bits per heavy atom. The highest BCUT2D eigenvalue weighted by Gasteiger charge is 2.27. The third-order valence-electron chi connectivity index (χ3n) is 3.54. The summed E-state index contributed by atoms with van der Waals surface area (Å²) in [7, 11) is 0. The topological polar surface area (TPSA) is 21.3 Å². The maximum Gasteiger partial charge on any atom is 0.0699 e. The largest absolute Gasteiger partial charge is 0.377 e. The number of rotatable bonds is 5. The fourth-order valence-electron chi connectivity index (χ4n) is 2.27. The van der Waals surface area contributed by atoms with Gasteiger partial charge in [0.05, 0.1) is 6.10 Å². The Morgan fingerprint density at radius 2 is 2.14 bits per heavy atom. The highest BCUT2D eigenvalue weighted by Crippen LogP contribution is 2.36. The van der Waals surface area contributed by atoms with Crippen molar-refractivity contribution in [2.24, 2.45) is 11.8 Å². The average molecular weight is 197 g/mol. The highest BCUT2D eigenvalue weighted by atomic mass is 16.5. The van der Waals surface area contributed by atoms with Crippen molar-refractivity contribution in [3.63, 3.8) is 0 Å². The van der Waals surface area contributed by atoms with Crippen LogP contribution in [0.5, 0.6) is 0 Å². The van der Waals surface area contributed by atoms with E-state index < -0.39 is 0 Å². The van der Waals surface area contributed by atoms with Crippen LogP contribution in [0.2, 0.25) is 0 Å². The lowest BCUT2D eigenvalue weighted by atomic mass is 10.1. The van der Waals surface area contributed by atoms with Gasteiger partial charge < -0.3 is 10.1 Å². The number of hydrogen-bond acceptors (Lipinski definition) is 2. The van der Waals surface area contributed by atoms with E-state index in [-0.39, 0.29) is 0 Å². The van der Waals surface area contributed by atoms with Gasteiger partial charge in [-0.1, -0.05) is 6.92 Å². The second-order valence-corrected chi connectivity index (χ2v) is 4.96. The Bertz CT molecular complexity index is 162. The van der Waals surface area contributed by atoms with Crippen LogP contribution in [0.15, 0.2) is 0 Å². The molecule has 0 spiro atoms. The van der Waals surface area contributed by atoms with Crippen molar-refractivity contribution in [3.8, 4) is 0 Å². The lowest BCUT2D eigenvalue weighted by Gasteiger charge is -2.23. The molecule has 1 N–H and O–H groups in total. The number of nitrogens with one attached hydrogen (secondary N) is 1. The van der Waals surface area contributed by atoms with Crippen molar-refractivity contribution in [2.75, 3.05) is 19.7 Å². The minimum Gasteiger partial charge on any atom is -0.377 e. The molecule has 0 aromatic heterocycles. The molecule has 2 unspecified atom stereocenters. The molecule has 0 radical (unpaired) electrons. The zero-order valence-electron chi connectivity index (χ0n) is 9.30. The average Bonchev–Trinajstić information content (AvgIpc) is 3.02. The Labute approximate surface area is 87.4 Å². The van der Waals surface area contributed by atoms with E-state index in [1.165, 1.54) is 38.6 Å². The molecule has 0 amide bonds. The Balaban J connectivity index is 1.52. The van der Waals surface area contributed by atoms with Crippen LogP contribution < -0.4 is 5.32 Å². The molecule has 2 atom stereocenters. The van der Waals surface area contributed by atoms with Crippen molar-refractivity contribution >= 4 is 0 Å². The SMILES string of the molecule is CC(CNCC1CCCCO1)C1CC1. The first-order valence-corrected chi connectivity index (χ1v) is 6.18. The molecule has 2 aliphatic rings. The van der Waals surface area contributed by atoms with E-state index in [0.717, 1.165) is 25.0 Å². The molecule has 14 heavy (non-hydrogen) atoms. The van der Waals surface area contributed by atoms with Crippen LogP contribution in [0, 0.1) is 11.8 Å². The molecule has 1 aliphatic carbocycles. The first-order valence-electron chi connectivity index (χ1n) is 6.18. The second-order valence-electron chi connectivity index (χ2n) is 4.96. The fraction of sp³-hybridized carbons (Fsp3) is 1.00. The van der Waals surface area contributed by atoms with Crippen molar-refractivity contribution in [1.82, 2.24) is 5.32 Å². The molecular formula is C12H23NO. The van der Waals surface area contributed by atoms with Crippen LogP contribution in [0.25, 0.3) is 0 Å². The Hall–Kier alpha value is -0.0800. The lowest BCUT2D eigenvalue weighted by molar-refractivity contribution is 0.0165. The summed E-state index contributed by atoms with van der Waals surface area (Å²) < 4.78 is 5.67. The molecule has 0 aromatic rings. The maximum absolute atomic E-state index is 5.67. The first kappa shape index (κ1) is 10.4. The van der Waals surface area contributed by atoms with Gasteiger partial charge in [-0.3, -0.25) is 0 Å². The van der Waals surface area contributed by atoms with Gasteiger partial charge in [-0.2, -0.15) is 0 Å². The van der Waals surface area contributed by atoms with Crippen molar-refractivity contribution in [1.29, 1.82) is 0 Å². The smallest absolute Gasteiger partial charge is 0.0699 e. The standard InChI is InChI=1S/C12H23NO/c1-10(11-5-6-11)8-13-9-12-4-2-3-7-14-12/h10-13H,2-9H2,1H3. The number of ether oxygens (including phenoxy) is 1. The molecule has 1 heterocycles. The van der Waals surface area contributed by atoms with E-state index in [1.54, 1.807) is 0 Å². The third-order valence-corrected chi connectivity index (χ3v) is 3.54.